The Morgan fingerprint density at radius 2 is 1.71 bits per heavy atom. The Kier molecular flexibility index (Phi) is 6.32. The fourth-order valence-electron chi connectivity index (χ4n) is 3.43. The lowest BCUT2D eigenvalue weighted by Crippen LogP contribution is -2.46. The Morgan fingerprint density at radius 1 is 0.935 bits per heavy atom. The fraction of sp³-hybridized carbons (Fsp3) is 0.227. The highest BCUT2D eigenvalue weighted by Crippen LogP contribution is 2.19. The highest BCUT2D eigenvalue weighted by molar-refractivity contribution is 5.99. The van der Waals surface area contributed by atoms with E-state index in [0.29, 0.717) is 11.9 Å². The number of aromatic nitrogens is 2. The molecule has 2 aromatic carbocycles. The summed E-state index contributed by atoms with van der Waals surface area (Å²) in [6, 6.07) is 14.3. The molecule has 7 nitrogen and oxygen atoms in total. The number of carbonyl (C=O) groups is 1. The van der Waals surface area contributed by atoms with Gasteiger partial charge in [0.25, 0.3) is 0 Å². The first-order chi connectivity index (χ1) is 15.1. The SMILES string of the molecule is O=C(Nc1cc(N2CCN(Cc3ccccc3)CC2)ncn1)Nc1ccc(F)cc1F. The minimum absolute atomic E-state index is 0.122. The quantitative estimate of drug-likeness (QED) is 0.653. The normalized spacial score (nSPS) is 14.3. The van der Waals surface area contributed by atoms with Crippen LogP contribution in [0.2, 0.25) is 0 Å². The first kappa shape index (κ1) is 20.7. The lowest BCUT2D eigenvalue weighted by Gasteiger charge is -2.35. The summed E-state index contributed by atoms with van der Waals surface area (Å²) < 4.78 is 26.7. The molecule has 2 N–H and O–H groups in total. The molecule has 160 valence electrons. The fourth-order valence-corrected chi connectivity index (χ4v) is 3.43. The molecule has 0 unspecified atom stereocenters. The van der Waals surface area contributed by atoms with Gasteiger partial charge in [-0.2, -0.15) is 0 Å². The minimum atomic E-state index is -0.855. The number of benzene rings is 2. The second-order valence-corrected chi connectivity index (χ2v) is 7.21. The van der Waals surface area contributed by atoms with Gasteiger partial charge in [-0.05, 0) is 17.7 Å². The summed E-state index contributed by atoms with van der Waals surface area (Å²) in [7, 11) is 0. The second kappa shape index (κ2) is 9.48. The molecule has 0 saturated carbocycles. The van der Waals surface area contributed by atoms with Gasteiger partial charge in [-0.3, -0.25) is 10.2 Å². The molecule has 1 fully saturated rings. The maximum Gasteiger partial charge on any atom is 0.324 e. The van der Waals surface area contributed by atoms with Crippen LogP contribution in [-0.4, -0.2) is 47.1 Å². The summed E-state index contributed by atoms with van der Waals surface area (Å²) >= 11 is 0. The van der Waals surface area contributed by atoms with Crippen molar-refractivity contribution in [1.29, 1.82) is 0 Å². The second-order valence-electron chi connectivity index (χ2n) is 7.21. The van der Waals surface area contributed by atoms with Crippen LogP contribution in [0.15, 0.2) is 60.9 Å². The number of halogens is 2. The van der Waals surface area contributed by atoms with Crippen molar-refractivity contribution in [3.8, 4) is 0 Å². The standard InChI is InChI=1S/C22H22F2N6O/c23-17-6-7-19(18(24)12-17)27-22(31)28-20-13-21(26-15-25-20)30-10-8-29(9-11-30)14-16-4-2-1-3-5-16/h1-7,12-13,15H,8-11,14H2,(H2,25,26,27,28,31). The van der Waals surface area contributed by atoms with Crippen molar-refractivity contribution < 1.29 is 13.6 Å². The molecular weight excluding hydrogens is 402 g/mol. The number of anilines is 3. The lowest BCUT2D eigenvalue weighted by molar-refractivity contribution is 0.249. The van der Waals surface area contributed by atoms with Crippen LogP contribution in [0, 0.1) is 11.6 Å². The highest BCUT2D eigenvalue weighted by Gasteiger charge is 2.19. The van der Waals surface area contributed by atoms with E-state index in [1.54, 1.807) is 6.07 Å². The molecule has 0 spiro atoms. The van der Waals surface area contributed by atoms with Crippen LogP contribution < -0.4 is 15.5 Å². The Bertz CT molecular complexity index is 1040. The molecule has 1 saturated heterocycles. The third kappa shape index (κ3) is 5.52. The van der Waals surface area contributed by atoms with Gasteiger partial charge in [0.15, 0.2) is 0 Å². The summed E-state index contributed by atoms with van der Waals surface area (Å²) in [5.41, 5.74) is 1.16. The Morgan fingerprint density at radius 3 is 2.45 bits per heavy atom. The summed E-state index contributed by atoms with van der Waals surface area (Å²) in [4.78, 5) is 25.0. The molecule has 1 aromatic heterocycles. The monoisotopic (exact) mass is 424 g/mol. The van der Waals surface area contributed by atoms with Gasteiger partial charge in [0.1, 0.15) is 29.6 Å². The third-order valence-electron chi connectivity index (χ3n) is 5.02. The van der Waals surface area contributed by atoms with E-state index in [1.165, 1.54) is 11.9 Å². The van der Waals surface area contributed by atoms with Crippen molar-refractivity contribution in [1.82, 2.24) is 14.9 Å². The molecule has 9 heteroatoms. The number of piperazine rings is 1. The van der Waals surface area contributed by atoms with Crippen molar-refractivity contribution in [2.45, 2.75) is 6.54 Å². The molecule has 0 atom stereocenters. The summed E-state index contributed by atoms with van der Waals surface area (Å²) in [6.07, 6.45) is 1.37. The minimum Gasteiger partial charge on any atom is -0.354 e. The number of nitrogens with one attached hydrogen (secondary N) is 2. The average molecular weight is 424 g/mol. The number of nitrogens with zero attached hydrogens (tertiary/aromatic N) is 4. The zero-order chi connectivity index (χ0) is 21.6. The number of carbonyl (C=O) groups excluding carboxylic acids is 1. The molecule has 4 rings (SSSR count). The molecule has 1 aliphatic heterocycles. The van der Waals surface area contributed by atoms with Crippen molar-refractivity contribution in [2.75, 3.05) is 41.7 Å². The van der Waals surface area contributed by atoms with Gasteiger partial charge in [-0.25, -0.2) is 23.5 Å². The van der Waals surface area contributed by atoms with Crippen LogP contribution in [0.25, 0.3) is 0 Å². The predicted octanol–water partition coefficient (Wildman–Crippen LogP) is 3.72. The van der Waals surface area contributed by atoms with Gasteiger partial charge in [-0.1, -0.05) is 30.3 Å². The highest BCUT2D eigenvalue weighted by atomic mass is 19.1. The van der Waals surface area contributed by atoms with E-state index in [1.807, 2.05) is 18.2 Å². The number of amides is 2. The number of rotatable bonds is 5. The van der Waals surface area contributed by atoms with Crippen molar-refractivity contribution in [3.05, 3.63) is 78.1 Å². The van der Waals surface area contributed by atoms with Crippen LogP contribution in [0.4, 0.5) is 30.9 Å². The van der Waals surface area contributed by atoms with Gasteiger partial charge in [-0.15, -0.1) is 0 Å². The van der Waals surface area contributed by atoms with E-state index in [4.69, 9.17) is 0 Å². The van der Waals surface area contributed by atoms with Crippen LogP contribution in [-0.2, 0) is 6.54 Å². The molecule has 31 heavy (non-hydrogen) atoms. The van der Waals surface area contributed by atoms with E-state index in [-0.39, 0.29) is 11.5 Å². The Labute approximate surface area is 178 Å². The van der Waals surface area contributed by atoms with Crippen LogP contribution in [0.3, 0.4) is 0 Å². The van der Waals surface area contributed by atoms with Crippen LogP contribution in [0.1, 0.15) is 5.56 Å². The topological polar surface area (TPSA) is 73.4 Å². The van der Waals surface area contributed by atoms with E-state index in [0.717, 1.165) is 44.9 Å². The molecule has 0 aliphatic carbocycles. The maximum absolute atomic E-state index is 13.7. The molecule has 2 heterocycles. The first-order valence-corrected chi connectivity index (χ1v) is 9.93. The summed E-state index contributed by atoms with van der Waals surface area (Å²) in [5, 5.41) is 4.90. The zero-order valence-corrected chi connectivity index (χ0v) is 16.8. The number of hydrogen-bond donors (Lipinski definition) is 2. The first-order valence-electron chi connectivity index (χ1n) is 9.93. The molecule has 0 bridgehead atoms. The zero-order valence-electron chi connectivity index (χ0n) is 16.8. The third-order valence-corrected chi connectivity index (χ3v) is 5.02. The van der Waals surface area contributed by atoms with E-state index >= 15 is 0 Å². The predicted molar refractivity (Wildman–Crippen MR) is 115 cm³/mol. The number of hydrogen-bond acceptors (Lipinski definition) is 5. The summed E-state index contributed by atoms with van der Waals surface area (Å²) in [5.74, 6) is -0.575. The van der Waals surface area contributed by atoms with E-state index in [2.05, 4.69) is 42.5 Å². The molecule has 1 aliphatic rings. The van der Waals surface area contributed by atoms with Crippen molar-refractivity contribution in [2.24, 2.45) is 0 Å². The molecule has 3 aromatic rings. The number of urea groups is 1. The van der Waals surface area contributed by atoms with Crippen LogP contribution >= 0.6 is 0 Å². The molecule has 2 amide bonds. The van der Waals surface area contributed by atoms with Gasteiger partial charge < -0.3 is 10.2 Å². The van der Waals surface area contributed by atoms with E-state index in [9.17, 15) is 13.6 Å². The Hall–Kier alpha value is -3.59. The largest absolute Gasteiger partial charge is 0.354 e. The van der Waals surface area contributed by atoms with Crippen molar-refractivity contribution in [3.63, 3.8) is 0 Å². The van der Waals surface area contributed by atoms with Gasteiger partial charge in [0.2, 0.25) is 0 Å². The van der Waals surface area contributed by atoms with Gasteiger partial charge >= 0.3 is 6.03 Å². The average Bonchev–Trinajstić information content (AvgIpc) is 2.77. The smallest absolute Gasteiger partial charge is 0.324 e. The summed E-state index contributed by atoms with van der Waals surface area (Å²) in [6.45, 7) is 4.30. The molecular formula is C22H22F2N6O. The lowest BCUT2D eigenvalue weighted by atomic mass is 10.2. The van der Waals surface area contributed by atoms with Crippen molar-refractivity contribution >= 4 is 23.4 Å². The maximum atomic E-state index is 13.7. The Balaban J connectivity index is 1.32. The van der Waals surface area contributed by atoms with Crippen LogP contribution in [0.5, 0.6) is 0 Å². The van der Waals surface area contributed by atoms with Gasteiger partial charge in [0, 0.05) is 44.9 Å². The van der Waals surface area contributed by atoms with E-state index < -0.39 is 17.7 Å². The van der Waals surface area contributed by atoms with Gasteiger partial charge in [0.05, 0.1) is 5.69 Å². The molecule has 0 radical (unpaired) electrons.